The molecular weight excluding hydrogens is 466 g/mol. The summed E-state index contributed by atoms with van der Waals surface area (Å²) in [6, 6.07) is 16.3. The summed E-state index contributed by atoms with van der Waals surface area (Å²) in [6.45, 7) is 7.78. The molecule has 0 fully saturated rings. The van der Waals surface area contributed by atoms with Crippen molar-refractivity contribution < 1.29 is 19.1 Å². The first kappa shape index (κ1) is 25.8. The molecule has 0 aliphatic rings. The van der Waals surface area contributed by atoms with E-state index in [0.717, 1.165) is 22.4 Å². The van der Waals surface area contributed by atoms with Gasteiger partial charge in [-0.05, 0) is 74.7 Å². The Bertz CT molecular complexity index is 1240. The molecule has 0 saturated carbocycles. The van der Waals surface area contributed by atoms with Gasteiger partial charge in [-0.3, -0.25) is 9.59 Å². The lowest BCUT2D eigenvalue weighted by atomic mass is 10.1. The zero-order chi connectivity index (χ0) is 25.4. The molecule has 35 heavy (non-hydrogen) atoms. The van der Waals surface area contributed by atoms with E-state index in [0.29, 0.717) is 23.5 Å². The smallest absolute Gasteiger partial charge is 0.271 e. The Balaban J connectivity index is 1.67. The van der Waals surface area contributed by atoms with Crippen LogP contribution in [-0.4, -0.2) is 31.2 Å². The number of carbonyl (C=O) groups excluding carboxylic acids is 2. The van der Waals surface area contributed by atoms with Crippen LogP contribution in [0.25, 0.3) is 0 Å². The highest BCUT2D eigenvalue weighted by Gasteiger charge is 2.15. The number of benzene rings is 3. The third kappa shape index (κ3) is 7.32. The molecule has 2 amide bonds. The maximum Gasteiger partial charge on any atom is 0.271 e. The summed E-state index contributed by atoms with van der Waals surface area (Å²) in [5.41, 5.74) is 7.37. The number of rotatable bonds is 9. The quantitative estimate of drug-likeness (QED) is 0.306. The standard InChI is InChI=1S/C27H28ClN3O4/c1-5-34-24-14-20(15-29-31-27(33)21-10-7-17(2)8-11-21)13-22(28)26(24)35-16-25(32)30-23-12-18(3)6-9-19(23)4/h6-15H,5,16H2,1-4H3,(H,30,32)(H,31,33)/b29-15+. The van der Waals surface area contributed by atoms with Crippen molar-refractivity contribution >= 4 is 35.3 Å². The second-order valence-corrected chi connectivity index (χ2v) is 8.39. The Morgan fingerprint density at radius 1 is 0.971 bits per heavy atom. The number of carbonyl (C=O) groups is 2. The number of hydrogen-bond donors (Lipinski definition) is 2. The van der Waals surface area contributed by atoms with E-state index in [9.17, 15) is 9.59 Å². The van der Waals surface area contributed by atoms with Gasteiger partial charge in [-0.25, -0.2) is 5.43 Å². The predicted octanol–water partition coefficient (Wildman–Crippen LogP) is 5.45. The fraction of sp³-hybridized carbons (Fsp3) is 0.222. The van der Waals surface area contributed by atoms with Crippen molar-refractivity contribution in [3.63, 3.8) is 0 Å². The summed E-state index contributed by atoms with van der Waals surface area (Å²) in [5, 5.41) is 7.11. The molecule has 7 nitrogen and oxygen atoms in total. The van der Waals surface area contributed by atoms with Gasteiger partial charge in [0.05, 0.1) is 17.8 Å². The fourth-order valence-electron chi connectivity index (χ4n) is 3.19. The van der Waals surface area contributed by atoms with Gasteiger partial charge in [-0.2, -0.15) is 5.10 Å². The molecule has 0 saturated heterocycles. The van der Waals surface area contributed by atoms with Crippen molar-refractivity contribution in [1.82, 2.24) is 5.43 Å². The summed E-state index contributed by atoms with van der Waals surface area (Å²) in [4.78, 5) is 24.7. The number of hydrogen-bond acceptors (Lipinski definition) is 5. The van der Waals surface area contributed by atoms with Crippen LogP contribution in [0.3, 0.4) is 0 Å². The predicted molar refractivity (Wildman–Crippen MR) is 139 cm³/mol. The van der Waals surface area contributed by atoms with Gasteiger partial charge in [0.25, 0.3) is 11.8 Å². The van der Waals surface area contributed by atoms with E-state index in [1.54, 1.807) is 24.3 Å². The second kappa shape index (κ2) is 12.0. The molecule has 3 aromatic rings. The highest BCUT2D eigenvalue weighted by molar-refractivity contribution is 6.32. The van der Waals surface area contributed by atoms with E-state index < -0.39 is 0 Å². The third-order valence-corrected chi connectivity index (χ3v) is 5.32. The molecule has 0 aliphatic carbocycles. The first-order valence-electron chi connectivity index (χ1n) is 11.1. The minimum Gasteiger partial charge on any atom is -0.490 e. The molecule has 0 bridgehead atoms. The van der Waals surface area contributed by atoms with Crippen LogP contribution in [0.1, 0.15) is 39.5 Å². The lowest BCUT2D eigenvalue weighted by molar-refractivity contribution is -0.118. The van der Waals surface area contributed by atoms with Gasteiger partial charge in [-0.15, -0.1) is 0 Å². The summed E-state index contributed by atoms with van der Waals surface area (Å²) in [7, 11) is 0. The van der Waals surface area contributed by atoms with Gasteiger partial charge in [-0.1, -0.05) is 41.4 Å². The van der Waals surface area contributed by atoms with Gasteiger partial charge in [0.15, 0.2) is 18.1 Å². The van der Waals surface area contributed by atoms with Crippen LogP contribution in [0.4, 0.5) is 5.69 Å². The molecule has 3 rings (SSSR count). The third-order valence-electron chi connectivity index (χ3n) is 5.04. The molecule has 182 valence electrons. The van der Waals surface area contributed by atoms with Crippen molar-refractivity contribution in [2.45, 2.75) is 27.7 Å². The lowest BCUT2D eigenvalue weighted by Crippen LogP contribution is -2.21. The van der Waals surface area contributed by atoms with Gasteiger partial charge in [0.1, 0.15) is 0 Å². The average molecular weight is 494 g/mol. The minimum atomic E-state index is -0.327. The summed E-state index contributed by atoms with van der Waals surface area (Å²) < 4.78 is 11.4. The Morgan fingerprint density at radius 3 is 2.40 bits per heavy atom. The van der Waals surface area contributed by atoms with E-state index in [4.69, 9.17) is 21.1 Å². The molecule has 0 aliphatic heterocycles. The number of hydrazone groups is 1. The maximum atomic E-state index is 12.5. The van der Waals surface area contributed by atoms with Crippen LogP contribution < -0.4 is 20.2 Å². The Hall–Kier alpha value is -3.84. The number of ether oxygens (including phenoxy) is 2. The number of nitrogens with zero attached hydrogens (tertiary/aromatic N) is 1. The van der Waals surface area contributed by atoms with Crippen LogP contribution in [-0.2, 0) is 4.79 Å². The lowest BCUT2D eigenvalue weighted by Gasteiger charge is -2.15. The monoisotopic (exact) mass is 493 g/mol. The van der Waals surface area contributed by atoms with Crippen LogP contribution in [0.5, 0.6) is 11.5 Å². The highest BCUT2D eigenvalue weighted by Crippen LogP contribution is 2.36. The topological polar surface area (TPSA) is 89.0 Å². The van der Waals surface area contributed by atoms with Gasteiger partial charge in [0.2, 0.25) is 0 Å². The largest absolute Gasteiger partial charge is 0.490 e. The van der Waals surface area contributed by atoms with Crippen molar-refractivity contribution in [1.29, 1.82) is 0 Å². The molecule has 0 atom stereocenters. The van der Waals surface area contributed by atoms with E-state index >= 15 is 0 Å². The zero-order valence-electron chi connectivity index (χ0n) is 20.1. The number of anilines is 1. The zero-order valence-corrected chi connectivity index (χ0v) is 20.9. The van der Waals surface area contributed by atoms with Crippen LogP contribution in [0.2, 0.25) is 5.02 Å². The molecule has 8 heteroatoms. The first-order chi connectivity index (χ1) is 16.8. The molecule has 3 aromatic carbocycles. The average Bonchev–Trinajstić information content (AvgIpc) is 2.81. The Kier molecular flexibility index (Phi) is 8.86. The molecule has 0 heterocycles. The van der Waals surface area contributed by atoms with E-state index in [1.165, 1.54) is 6.21 Å². The highest BCUT2D eigenvalue weighted by atomic mass is 35.5. The van der Waals surface area contributed by atoms with Gasteiger partial charge >= 0.3 is 0 Å². The first-order valence-corrected chi connectivity index (χ1v) is 11.5. The maximum absolute atomic E-state index is 12.5. The number of aryl methyl sites for hydroxylation is 3. The second-order valence-electron chi connectivity index (χ2n) is 7.98. The van der Waals surface area contributed by atoms with Crippen LogP contribution in [0, 0.1) is 20.8 Å². The van der Waals surface area contributed by atoms with Crippen molar-refractivity contribution in [2.24, 2.45) is 5.10 Å². The summed E-state index contributed by atoms with van der Waals surface area (Å²) in [6.07, 6.45) is 1.46. The SMILES string of the molecule is CCOc1cc(/C=N/NC(=O)c2ccc(C)cc2)cc(Cl)c1OCC(=O)Nc1cc(C)ccc1C. The molecule has 0 spiro atoms. The summed E-state index contributed by atoms with van der Waals surface area (Å²) >= 11 is 6.43. The number of nitrogens with one attached hydrogen (secondary N) is 2. The molecule has 2 N–H and O–H groups in total. The Labute approximate surface area is 210 Å². The van der Waals surface area contributed by atoms with Gasteiger partial charge in [0, 0.05) is 11.3 Å². The Morgan fingerprint density at radius 2 is 1.69 bits per heavy atom. The molecule has 0 aromatic heterocycles. The molecule has 0 radical (unpaired) electrons. The van der Waals surface area contributed by atoms with E-state index in [1.807, 2.05) is 58.0 Å². The van der Waals surface area contributed by atoms with E-state index in [-0.39, 0.29) is 29.2 Å². The normalized spacial score (nSPS) is 10.8. The summed E-state index contributed by atoms with van der Waals surface area (Å²) in [5.74, 6) is -0.0230. The number of halogens is 1. The molecular formula is C27H28ClN3O4. The van der Waals surface area contributed by atoms with Crippen molar-refractivity contribution in [2.75, 3.05) is 18.5 Å². The minimum absolute atomic E-state index is 0.243. The molecule has 0 unspecified atom stereocenters. The van der Waals surface area contributed by atoms with Crippen LogP contribution in [0.15, 0.2) is 59.7 Å². The van der Waals surface area contributed by atoms with Gasteiger partial charge < -0.3 is 14.8 Å². The number of amides is 2. The fourth-order valence-corrected chi connectivity index (χ4v) is 3.47. The van der Waals surface area contributed by atoms with E-state index in [2.05, 4.69) is 15.8 Å². The van der Waals surface area contributed by atoms with Crippen LogP contribution >= 0.6 is 11.6 Å². The van der Waals surface area contributed by atoms with Crippen molar-refractivity contribution in [3.05, 3.63) is 87.4 Å². The van der Waals surface area contributed by atoms with Crippen molar-refractivity contribution in [3.8, 4) is 11.5 Å².